The Kier molecular flexibility index (Phi) is 6.79. The molecule has 1 aromatic heterocycles. The lowest BCUT2D eigenvalue weighted by atomic mass is 10.1. The second-order valence-corrected chi connectivity index (χ2v) is 6.71. The van der Waals surface area contributed by atoms with Crippen LogP contribution in [0.4, 0.5) is 11.4 Å². The molecular formula is C23H22N2O7. The van der Waals surface area contributed by atoms with Crippen molar-refractivity contribution in [1.82, 2.24) is 0 Å². The topological polar surface area (TPSA) is 127 Å². The number of aryl methyl sites for hydroxylation is 1. The van der Waals surface area contributed by atoms with E-state index in [-0.39, 0.29) is 28.5 Å². The SMILES string of the molecule is CCc1ccc(NC(=O)c2cc(OC)c(OC)cc2NC(=O)c2cc(=O)c(O)co2)cc1. The first-order valence-electron chi connectivity index (χ1n) is 9.65. The summed E-state index contributed by atoms with van der Waals surface area (Å²) in [5.74, 6) is -1.70. The highest BCUT2D eigenvalue weighted by atomic mass is 16.5. The van der Waals surface area contributed by atoms with Crippen LogP contribution in [-0.4, -0.2) is 31.1 Å². The number of nitrogens with one attached hydrogen (secondary N) is 2. The van der Waals surface area contributed by atoms with E-state index in [2.05, 4.69) is 10.6 Å². The average Bonchev–Trinajstić information content (AvgIpc) is 2.80. The Morgan fingerprint density at radius 2 is 1.62 bits per heavy atom. The Morgan fingerprint density at radius 1 is 0.969 bits per heavy atom. The zero-order chi connectivity index (χ0) is 23.3. The number of carbonyl (C=O) groups is 2. The summed E-state index contributed by atoms with van der Waals surface area (Å²) in [5, 5.41) is 14.6. The molecule has 0 saturated heterocycles. The van der Waals surface area contributed by atoms with E-state index in [1.807, 2.05) is 19.1 Å². The van der Waals surface area contributed by atoms with Gasteiger partial charge in [0.2, 0.25) is 5.43 Å². The summed E-state index contributed by atoms with van der Waals surface area (Å²) in [6.07, 6.45) is 1.63. The van der Waals surface area contributed by atoms with Crippen molar-refractivity contribution in [3.05, 3.63) is 75.8 Å². The normalized spacial score (nSPS) is 10.3. The molecule has 0 saturated carbocycles. The molecule has 0 atom stereocenters. The maximum absolute atomic E-state index is 13.0. The molecule has 0 unspecified atom stereocenters. The van der Waals surface area contributed by atoms with Crippen molar-refractivity contribution >= 4 is 23.2 Å². The second kappa shape index (κ2) is 9.69. The van der Waals surface area contributed by atoms with Gasteiger partial charge in [0, 0.05) is 17.8 Å². The summed E-state index contributed by atoms with van der Waals surface area (Å²) >= 11 is 0. The van der Waals surface area contributed by atoms with Gasteiger partial charge in [0.1, 0.15) is 6.26 Å². The Labute approximate surface area is 183 Å². The molecule has 1 heterocycles. The number of amides is 2. The van der Waals surface area contributed by atoms with Crippen LogP contribution in [0.25, 0.3) is 0 Å². The minimum atomic E-state index is -0.796. The van der Waals surface area contributed by atoms with Gasteiger partial charge in [0.05, 0.1) is 25.5 Å². The van der Waals surface area contributed by atoms with Crippen molar-refractivity contribution in [3.8, 4) is 17.2 Å². The fourth-order valence-corrected chi connectivity index (χ4v) is 2.90. The first-order chi connectivity index (χ1) is 15.4. The van der Waals surface area contributed by atoms with Gasteiger partial charge in [-0.05, 0) is 30.2 Å². The number of aromatic hydroxyl groups is 1. The molecule has 2 aromatic carbocycles. The van der Waals surface area contributed by atoms with Gasteiger partial charge in [-0.25, -0.2) is 0 Å². The Hall–Kier alpha value is -4.27. The molecule has 0 aliphatic carbocycles. The number of hydrogen-bond acceptors (Lipinski definition) is 7. The van der Waals surface area contributed by atoms with Gasteiger partial charge in [-0.2, -0.15) is 0 Å². The molecule has 3 rings (SSSR count). The van der Waals surface area contributed by atoms with Crippen molar-refractivity contribution in [1.29, 1.82) is 0 Å². The molecule has 3 N–H and O–H groups in total. The van der Waals surface area contributed by atoms with E-state index in [0.717, 1.165) is 24.3 Å². The predicted molar refractivity (Wildman–Crippen MR) is 118 cm³/mol. The number of benzene rings is 2. The van der Waals surface area contributed by atoms with E-state index < -0.39 is 23.0 Å². The molecule has 0 fully saturated rings. The molecule has 3 aromatic rings. The van der Waals surface area contributed by atoms with Crippen molar-refractivity contribution in [2.24, 2.45) is 0 Å². The molecule has 0 spiro atoms. The Balaban J connectivity index is 1.96. The number of methoxy groups -OCH3 is 2. The lowest BCUT2D eigenvalue weighted by molar-refractivity contribution is 0.0994. The third kappa shape index (κ3) is 4.89. The van der Waals surface area contributed by atoms with Gasteiger partial charge in [-0.15, -0.1) is 0 Å². The standard InChI is InChI=1S/C23H22N2O7/c1-4-13-5-7-14(8-6-13)24-22(28)15-9-19(30-2)20(31-3)10-16(15)25-23(29)21-11-17(26)18(27)12-32-21/h5-12,27H,4H2,1-3H3,(H,24,28)(H,25,29). The Bertz CT molecular complexity index is 1200. The van der Waals surface area contributed by atoms with E-state index in [1.165, 1.54) is 26.4 Å². The van der Waals surface area contributed by atoms with Crippen LogP contribution in [0.2, 0.25) is 0 Å². The third-order valence-corrected chi connectivity index (χ3v) is 4.67. The maximum atomic E-state index is 13.0. The second-order valence-electron chi connectivity index (χ2n) is 6.71. The average molecular weight is 438 g/mol. The molecule has 0 bridgehead atoms. The monoisotopic (exact) mass is 438 g/mol. The van der Waals surface area contributed by atoms with Crippen LogP contribution < -0.4 is 25.5 Å². The van der Waals surface area contributed by atoms with Crippen LogP contribution >= 0.6 is 0 Å². The maximum Gasteiger partial charge on any atom is 0.291 e. The summed E-state index contributed by atoms with van der Waals surface area (Å²) < 4.78 is 15.5. The fraction of sp³-hybridized carbons (Fsp3) is 0.174. The van der Waals surface area contributed by atoms with Gasteiger partial charge in [-0.1, -0.05) is 19.1 Å². The highest BCUT2D eigenvalue weighted by molar-refractivity contribution is 6.12. The molecule has 0 aliphatic heterocycles. The molecule has 32 heavy (non-hydrogen) atoms. The van der Waals surface area contributed by atoms with Gasteiger partial charge in [-0.3, -0.25) is 14.4 Å². The molecular weight excluding hydrogens is 416 g/mol. The number of ether oxygens (including phenoxy) is 2. The lowest BCUT2D eigenvalue weighted by Gasteiger charge is -2.15. The quantitative estimate of drug-likeness (QED) is 0.516. The zero-order valence-electron chi connectivity index (χ0n) is 17.7. The van der Waals surface area contributed by atoms with Crippen LogP contribution in [0.3, 0.4) is 0 Å². The molecule has 9 heteroatoms. The molecule has 166 valence electrons. The van der Waals surface area contributed by atoms with Crippen LogP contribution in [0.1, 0.15) is 33.4 Å². The number of rotatable bonds is 7. The van der Waals surface area contributed by atoms with Crippen LogP contribution in [0, 0.1) is 0 Å². The minimum Gasteiger partial charge on any atom is -0.502 e. The fourth-order valence-electron chi connectivity index (χ4n) is 2.90. The summed E-state index contributed by atoms with van der Waals surface area (Å²) in [7, 11) is 2.84. The highest BCUT2D eigenvalue weighted by Gasteiger charge is 2.21. The first-order valence-corrected chi connectivity index (χ1v) is 9.65. The number of anilines is 2. The van der Waals surface area contributed by atoms with E-state index in [1.54, 1.807) is 12.1 Å². The Morgan fingerprint density at radius 3 is 2.22 bits per heavy atom. The smallest absolute Gasteiger partial charge is 0.291 e. The van der Waals surface area contributed by atoms with Gasteiger partial charge >= 0.3 is 0 Å². The van der Waals surface area contributed by atoms with E-state index in [0.29, 0.717) is 5.69 Å². The molecule has 0 aliphatic rings. The van der Waals surface area contributed by atoms with Crippen molar-refractivity contribution in [2.45, 2.75) is 13.3 Å². The lowest BCUT2D eigenvalue weighted by Crippen LogP contribution is -2.19. The molecule has 2 amide bonds. The summed E-state index contributed by atoms with van der Waals surface area (Å²) in [6, 6.07) is 11.1. The van der Waals surface area contributed by atoms with Crippen molar-refractivity contribution in [2.75, 3.05) is 24.9 Å². The van der Waals surface area contributed by atoms with E-state index in [9.17, 15) is 19.5 Å². The van der Waals surface area contributed by atoms with Gasteiger partial charge in [0.15, 0.2) is 23.0 Å². The van der Waals surface area contributed by atoms with Gasteiger partial charge < -0.3 is 29.6 Å². The van der Waals surface area contributed by atoms with E-state index >= 15 is 0 Å². The van der Waals surface area contributed by atoms with Crippen molar-refractivity contribution in [3.63, 3.8) is 0 Å². The van der Waals surface area contributed by atoms with Crippen LogP contribution in [0.15, 0.2) is 57.9 Å². The largest absolute Gasteiger partial charge is 0.502 e. The van der Waals surface area contributed by atoms with E-state index in [4.69, 9.17) is 13.9 Å². The zero-order valence-corrected chi connectivity index (χ0v) is 17.7. The highest BCUT2D eigenvalue weighted by Crippen LogP contribution is 2.34. The van der Waals surface area contributed by atoms with Crippen LogP contribution in [-0.2, 0) is 6.42 Å². The first kappa shape index (κ1) is 22.4. The number of hydrogen-bond donors (Lipinski definition) is 3. The predicted octanol–water partition coefficient (Wildman–Crippen LogP) is 3.43. The molecule has 9 nitrogen and oxygen atoms in total. The summed E-state index contributed by atoms with van der Waals surface area (Å²) in [4.78, 5) is 37.2. The summed E-state index contributed by atoms with van der Waals surface area (Å²) in [5.41, 5.74) is 1.12. The van der Waals surface area contributed by atoms with Crippen molar-refractivity contribution < 1.29 is 28.6 Å². The third-order valence-electron chi connectivity index (χ3n) is 4.67. The summed E-state index contributed by atoms with van der Waals surface area (Å²) in [6.45, 7) is 2.03. The van der Waals surface area contributed by atoms with Gasteiger partial charge in [0.25, 0.3) is 11.8 Å². The number of carbonyl (C=O) groups excluding carboxylic acids is 2. The molecule has 0 radical (unpaired) electrons. The van der Waals surface area contributed by atoms with Crippen LogP contribution in [0.5, 0.6) is 17.2 Å². The minimum absolute atomic E-state index is 0.0942.